The normalized spacial score (nSPS) is 19.9. The first-order valence-corrected chi connectivity index (χ1v) is 7.48. The molecule has 19 heavy (non-hydrogen) atoms. The Balaban J connectivity index is 1.94. The first-order valence-electron chi connectivity index (χ1n) is 6.69. The van der Waals surface area contributed by atoms with Crippen molar-refractivity contribution >= 4 is 32.7 Å². The molecule has 100 valence electrons. The van der Waals surface area contributed by atoms with Crippen molar-refractivity contribution in [3.05, 3.63) is 34.8 Å². The lowest BCUT2D eigenvalue weighted by molar-refractivity contribution is 0.208. The Bertz CT molecular complexity index is 587. The summed E-state index contributed by atoms with van der Waals surface area (Å²) < 4.78 is 1.03. The van der Waals surface area contributed by atoms with Crippen LogP contribution in [0.5, 0.6) is 0 Å². The zero-order valence-electron chi connectivity index (χ0n) is 10.7. The van der Waals surface area contributed by atoms with E-state index in [0.29, 0.717) is 5.92 Å². The summed E-state index contributed by atoms with van der Waals surface area (Å²) in [6, 6.07) is 10.3. The number of piperidine rings is 1. The smallest absolute Gasteiger partial charge is 0.129 e. The highest BCUT2D eigenvalue weighted by atomic mass is 79.9. The van der Waals surface area contributed by atoms with Gasteiger partial charge in [-0.05, 0) is 52.9 Å². The average molecular weight is 321 g/mol. The summed E-state index contributed by atoms with van der Waals surface area (Å²) in [5, 5.41) is 10.5. The molecule has 1 unspecified atom stereocenters. The third-order valence-electron chi connectivity index (χ3n) is 3.76. The third kappa shape index (κ3) is 2.60. The van der Waals surface area contributed by atoms with E-state index in [1.54, 1.807) is 0 Å². The van der Waals surface area contributed by atoms with Gasteiger partial charge in [0, 0.05) is 29.6 Å². The molecule has 1 aromatic heterocycles. The highest BCUT2D eigenvalue weighted by Crippen LogP contribution is 2.27. The molecule has 0 aliphatic carbocycles. The zero-order valence-corrected chi connectivity index (χ0v) is 12.3. The van der Waals surface area contributed by atoms with Crippen LogP contribution in [0.2, 0.25) is 0 Å². The van der Waals surface area contributed by atoms with Crippen molar-refractivity contribution in [1.29, 1.82) is 0 Å². The number of aliphatic hydroxyl groups is 1. The number of halogens is 1. The number of aromatic nitrogens is 1. The van der Waals surface area contributed by atoms with Gasteiger partial charge in [0.1, 0.15) is 5.82 Å². The topological polar surface area (TPSA) is 36.4 Å². The molecule has 3 nitrogen and oxygen atoms in total. The Hall–Kier alpha value is -1.13. The Kier molecular flexibility index (Phi) is 3.71. The van der Waals surface area contributed by atoms with Gasteiger partial charge in [0.05, 0.1) is 5.52 Å². The molecule has 0 bridgehead atoms. The zero-order chi connectivity index (χ0) is 13.2. The summed E-state index contributed by atoms with van der Waals surface area (Å²) in [5.41, 5.74) is 1.01. The van der Waals surface area contributed by atoms with Gasteiger partial charge in [-0.3, -0.25) is 0 Å². The number of fused-ring (bicyclic) bond motifs is 1. The molecule has 0 amide bonds. The summed E-state index contributed by atoms with van der Waals surface area (Å²) in [5.74, 6) is 1.39. The summed E-state index contributed by atoms with van der Waals surface area (Å²) in [6.45, 7) is 2.20. The van der Waals surface area contributed by atoms with E-state index in [1.165, 1.54) is 0 Å². The molecule has 1 N–H and O–H groups in total. The molecule has 4 heteroatoms. The molecule has 0 saturated carbocycles. The number of benzene rings is 1. The van der Waals surface area contributed by atoms with E-state index in [4.69, 9.17) is 4.98 Å². The van der Waals surface area contributed by atoms with E-state index in [2.05, 4.69) is 39.0 Å². The van der Waals surface area contributed by atoms with Crippen LogP contribution in [0, 0.1) is 5.92 Å². The molecule has 1 saturated heterocycles. The van der Waals surface area contributed by atoms with Gasteiger partial charge in [0.15, 0.2) is 0 Å². The molecule has 1 aliphatic rings. The number of pyridine rings is 1. The van der Waals surface area contributed by atoms with Crippen molar-refractivity contribution in [1.82, 2.24) is 4.98 Å². The minimum atomic E-state index is 0.272. The Morgan fingerprint density at radius 2 is 2.21 bits per heavy atom. The minimum Gasteiger partial charge on any atom is -0.396 e. The van der Waals surface area contributed by atoms with Crippen LogP contribution in [0.25, 0.3) is 10.9 Å². The summed E-state index contributed by atoms with van der Waals surface area (Å²) >= 11 is 3.56. The van der Waals surface area contributed by atoms with E-state index >= 15 is 0 Å². The molecule has 0 radical (unpaired) electrons. The summed E-state index contributed by atoms with van der Waals surface area (Å²) in [4.78, 5) is 7.05. The second-order valence-corrected chi connectivity index (χ2v) is 5.97. The van der Waals surface area contributed by atoms with Crippen molar-refractivity contribution in [2.45, 2.75) is 12.8 Å². The maximum Gasteiger partial charge on any atom is 0.129 e. The van der Waals surface area contributed by atoms with Gasteiger partial charge in [-0.25, -0.2) is 4.98 Å². The maximum absolute atomic E-state index is 9.32. The molecule has 2 aromatic rings. The van der Waals surface area contributed by atoms with Crippen molar-refractivity contribution in [3.8, 4) is 0 Å². The number of nitrogens with zero attached hydrogens (tertiary/aromatic N) is 2. The summed E-state index contributed by atoms with van der Waals surface area (Å²) in [7, 11) is 0. The molecule has 1 aliphatic heterocycles. The van der Waals surface area contributed by atoms with E-state index in [-0.39, 0.29) is 6.61 Å². The Morgan fingerprint density at radius 1 is 1.32 bits per heavy atom. The van der Waals surface area contributed by atoms with Crippen LogP contribution >= 0.6 is 15.9 Å². The molecule has 2 heterocycles. The average Bonchev–Trinajstić information content (AvgIpc) is 2.47. The highest BCUT2D eigenvalue weighted by molar-refractivity contribution is 9.10. The van der Waals surface area contributed by atoms with Crippen LogP contribution in [-0.2, 0) is 0 Å². The predicted octanol–water partition coefficient (Wildman–Crippen LogP) is 3.21. The molecular formula is C15H17BrN2O. The quantitative estimate of drug-likeness (QED) is 0.923. The van der Waals surface area contributed by atoms with Gasteiger partial charge >= 0.3 is 0 Å². The fourth-order valence-electron chi connectivity index (χ4n) is 2.70. The molecular weight excluding hydrogens is 304 g/mol. The fraction of sp³-hybridized carbons (Fsp3) is 0.400. The fourth-order valence-corrected chi connectivity index (χ4v) is 3.17. The van der Waals surface area contributed by atoms with E-state index in [9.17, 15) is 5.11 Å². The SMILES string of the molecule is OCC1CCCN(c2ccc3cccc(Br)c3n2)C1. The molecule has 1 aromatic carbocycles. The van der Waals surface area contributed by atoms with E-state index < -0.39 is 0 Å². The van der Waals surface area contributed by atoms with Gasteiger partial charge in [0.25, 0.3) is 0 Å². The number of aliphatic hydroxyl groups excluding tert-OH is 1. The lowest BCUT2D eigenvalue weighted by Crippen LogP contribution is -2.37. The Morgan fingerprint density at radius 3 is 3.05 bits per heavy atom. The van der Waals surface area contributed by atoms with Crippen LogP contribution in [0.4, 0.5) is 5.82 Å². The molecule has 1 fully saturated rings. The van der Waals surface area contributed by atoms with E-state index in [0.717, 1.165) is 47.1 Å². The van der Waals surface area contributed by atoms with E-state index in [1.807, 2.05) is 12.1 Å². The predicted molar refractivity (Wildman–Crippen MR) is 81.5 cm³/mol. The molecule has 0 spiro atoms. The van der Waals surface area contributed by atoms with Gasteiger partial charge in [-0.1, -0.05) is 12.1 Å². The van der Waals surface area contributed by atoms with Crippen LogP contribution in [0.15, 0.2) is 34.8 Å². The van der Waals surface area contributed by atoms with Gasteiger partial charge in [-0.2, -0.15) is 0 Å². The minimum absolute atomic E-state index is 0.272. The molecule has 3 rings (SSSR count). The largest absolute Gasteiger partial charge is 0.396 e. The number of anilines is 1. The number of para-hydroxylation sites is 1. The Labute approximate surface area is 121 Å². The number of hydrogen-bond acceptors (Lipinski definition) is 3. The monoisotopic (exact) mass is 320 g/mol. The van der Waals surface area contributed by atoms with Crippen LogP contribution in [-0.4, -0.2) is 29.8 Å². The lowest BCUT2D eigenvalue weighted by Gasteiger charge is -2.32. The lowest BCUT2D eigenvalue weighted by atomic mass is 9.99. The first-order chi connectivity index (χ1) is 9.28. The van der Waals surface area contributed by atoms with Gasteiger partial charge < -0.3 is 10.0 Å². The molecule has 1 atom stereocenters. The first kappa shape index (κ1) is 12.9. The van der Waals surface area contributed by atoms with Crippen molar-refractivity contribution in [2.75, 3.05) is 24.6 Å². The van der Waals surface area contributed by atoms with Crippen molar-refractivity contribution in [2.24, 2.45) is 5.92 Å². The van der Waals surface area contributed by atoms with Crippen molar-refractivity contribution < 1.29 is 5.11 Å². The second-order valence-electron chi connectivity index (χ2n) is 5.12. The standard InChI is InChI=1S/C15H17BrN2O/c16-13-5-1-4-12-6-7-14(17-15(12)13)18-8-2-3-11(9-18)10-19/h1,4-7,11,19H,2-3,8-10H2. The van der Waals surface area contributed by atoms with Crippen LogP contribution in [0.1, 0.15) is 12.8 Å². The highest BCUT2D eigenvalue weighted by Gasteiger charge is 2.20. The van der Waals surface area contributed by atoms with Crippen molar-refractivity contribution in [3.63, 3.8) is 0 Å². The van der Waals surface area contributed by atoms with Gasteiger partial charge in [-0.15, -0.1) is 0 Å². The van der Waals surface area contributed by atoms with Crippen LogP contribution < -0.4 is 4.90 Å². The third-order valence-corrected chi connectivity index (χ3v) is 4.40. The number of rotatable bonds is 2. The number of hydrogen-bond donors (Lipinski definition) is 1. The summed E-state index contributed by atoms with van der Waals surface area (Å²) in [6.07, 6.45) is 2.24. The maximum atomic E-state index is 9.32. The van der Waals surface area contributed by atoms with Crippen LogP contribution in [0.3, 0.4) is 0 Å². The second kappa shape index (κ2) is 5.47. The van der Waals surface area contributed by atoms with Gasteiger partial charge in [0.2, 0.25) is 0 Å².